The molecule has 2 aliphatic rings. The first-order chi connectivity index (χ1) is 5.47. The second kappa shape index (κ2) is 3.12. The maximum Gasteiger partial charge on any atom is 0.0325 e. The van der Waals surface area contributed by atoms with Crippen LogP contribution in [-0.4, -0.2) is 18.0 Å². The van der Waals surface area contributed by atoms with Crippen LogP contribution in [0.2, 0.25) is 0 Å². The largest absolute Gasteiger partial charge is 0.372 e. The van der Waals surface area contributed by atoms with Crippen molar-refractivity contribution in [1.29, 1.82) is 0 Å². The minimum atomic E-state index is 1.11. The first kappa shape index (κ1) is 6.96. The van der Waals surface area contributed by atoms with Gasteiger partial charge in [-0.15, -0.1) is 0 Å². The average Bonchev–Trinajstić information content (AvgIpc) is 2.58. The van der Waals surface area contributed by atoms with Crippen molar-refractivity contribution in [1.82, 2.24) is 4.90 Å². The molecular formula is C10H14N. The van der Waals surface area contributed by atoms with Gasteiger partial charge in [0.1, 0.15) is 0 Å². The van der Waals surface area contributed by atoms with Crippen LogP contribution in [0.1, 0.15) is 19.3 Å². The Morgan fingerprint density at radius 3 is 2.64 bits per heavy atom. The Hall–Kier alpha value is -0.720. The molecule has 2 rings (SSSR count). The summed E-state index contributed by atoms with van der Waals surface area (Å²) in [7, 11) is 0. The lowest BCUT2D eigenvalue weighted by atomic mass is 10.1. The number of likely N-dealkylation sites (tertiary alicyclic amines) is 1. The van der Waals surface area contributed by atoms with Crippen LogP contribution in [0.5, 0.6) is 0 Å². The van der Waals surface area contributed by atoms with Crippen LogP contribution >= 0.6 is 0 Å². The molecule has 0 bridgehead atoms. The van der Waals surface area contributed by atoms with Crippen LogP contribution in [0.3, 0.4) is 0 Å². The Morgan fingerprint density at radius 1 is 1.18 bits per heavy atom. The summed E-state index contributed by atoms with van der Waals surface area (Å²) >= 11 is 0. The second-order valence-electron chi connectivity index (χ2n) is 3.16. The van der Waals surface area contributed by atoms with Crippen molar-refractivity contribution < 1.29 is 0 Å². The van der Waals surface area contributed by atoms with Crippen LogP contribution < -0.4 is 0 Å². The van der Waals surface area contributed by atoms with E-state index in [9.17, 15) is 0 Å². The van der Waals surface area contributed by atoms with E-state index in [1.54, 1.807) is 0 Å². The quantitative estimate of drug-likeness (QED) is 0.550. The zero-order valence-electron chi connectivity index (χ0n) is 6.79. The van der Waals surface area contributed by atoms with E-state index in [2.05, 4.69) is 29.5 Å². The molecule has 1 nitrogen and oxygen atoms in total. The third kappa shape index (κ3) is 1.47. The van der Waals surface area contributed by atoms with Crippen molar-refractivity contribution in [2.24, 2.45) is 0 Å². The lowest BCUT2D eigenvalue weighted by Gasteiger charge is -2.20. The number of hydrogen-bond donors (Lipinski definition) is 0. The lowest BCUT2D eigenvalue weighted by Crippen LogP contribution is -2.17. The molecule has 0 amide bonds. The van der Waals surface area contributed by atoms with Gasteiger partial charge in [0.25, 0.3) is 0 Å². The van der Waals surface area contributed by atoms with Gasteiger partial charge in [0, 0.05) is 18.8 Å². The highest BCUT2D eigenvalue weighted by molar-refractivity contribution is 5.26. The molecule has 0 atom stereocenters. The summed E-state index contributed by atoms with van der Waals surface area (Å²) in [6.45, 7) is 2.51. The monoisotopic (exact) mass is 148 g/mol. The number of hydrogen-bond acceptors (Lipinski definition) is 1. The van der Waals surface area contributed by atoms with Gasteiger partial charge in [0.15, 0.2) is 0 Å². The summed E-state index contributed by atoms with van der Waals surface area (Å²) < 4.78 is 0. The zero-order chi connectivity index (χ0) is 7.52. The molecule has 1 aliphatic carbocycles. The summed E-state index contributed by atoms with van der Waals surface area (Å²) in [5.41, 5.74) is 1.41. The van der Waals surface area contributed by atoms with Gasteiger partial charge >= 0.3 is 0 Å². The van der Waals surface area contributed by atoms with Gasteiger partial charge < -0.3 is 4.90 Å². The van der Waals surface area contributed by atoms with Crippen molar-refractivity contribution in [2.75, 3.05) is 13.1 Å². The number of allylic oxidation sites excluding steroid dienone is 3. The maximum atomic E-state index is 2.46. The van der Waals surface area contributed by atoms with Crippen LogP contribution in [0, 0.1) is 6.42 Å². The van der Waals surface area contributed by atoms with Gasteiger partial charge in [-0.25, -0.2) is 0 Å². The fraction of sp³-hybridized carbons (Fsp3) is 0.500. The molecule has 0 saturated carbocycles. The van der Waals surface area contributed by atoms with Gasteiger partial charge in [-0.3, -0.25) is 0 Å². The second-order valence-corrected chi connectivity index (χ2v) is 3.16. The first-order valence-electron chi connectivity index (χ1n) is 4.42. The van der Waals surface area contributed by atoms with Crippen LogP contribution in [0.25, 0.3) is 0 Å². The molecule has 0 unspecified atom stereocenters. The Morgan fingerprint density at radius 2 is 2.00 bits per heavy atom. The van der Waals surface area contributed by atoms with E-state index >= 15 is 0 Å². The minimum Gasteiger partial charge on any atom is -0.372 e. The molecule has 0 N–H and O–H groups in total. The number of rotatable bonds is 1. The van der Waals surface area contributed by atoms with Gasteiger partial charge in [-0.2, -0.15) is 0 Å². The highest BCUT2D eigenvalue weighted by Gasteiger charge is 2.13. The average molecular weight is 148 g/mol. The van der Waals surface area contributed by atoms with E-state index in [0.29, 0.717) is 0 Å². The molecule has 0 aromatic heterocycles. The molecule has 1 fully saturated rings. The van der Waals surface area contributed by atoms with Crippen molar-refractivity contribution >= 4 is 0 Å². The Kier molecular flexibility index (Phi) is 1.97. The first-order valence-corrected chi connectivity index (χ1v) is 4.42. The van der Waals surface area contributed by atoms with Crippen molar-refractivity contribution in [3.8, 4) is 0 Å². The van der Waals surface area contributed by atoms with Crippen molar-refractivity contribution in [3.63, 3.8) is 0 Å². The summed E-state index contributed by atoms with van der Waals surface area (Å²) in [5.74, 6) is 0. The fourth-order valence-corrected chi connectivity index (χ4v) is 1.70. The third-order valence-corrected chi connectivity index (χ3v) is 2.32. The zero-order valence-corrected chi connectivity index (χ0v) is 6.79. The Bertz CT molecular complexity index is 185. The maximum absolute atomic E-state index is 2.46. The molecular weight excluding hydrogens is 134 g/mol. The van der Waals surface area contributed by atoms with Crippen LogP contribution in [0.4, 0.5) is 0 Å². The predicted molar refractivity (Wildman–Crippen MR) is 46.9 cm³/mol. The molecule has 0 aromatic carbocycles. The Balaban J connectivity index is 2.02. The molecule has 11 heavy (non-hydrogen) atoms. The van der Waals surface area contributed by atoms with Gasteiger partial charge in [-0.1, -0.05) is 12.2 Å². The molecule has 0 aromatic rings. The molecule has 1 heterocycles. The van der Waals surface area contributed by atoms with E-state index in [4.69, 9.17) is 0 Å². The molecule has 1 saturated heterocycles. The standard InChI is InChI=1S/C10H14N/c1-2-6-10(7-3-1)11-8-4-5-9-11/h2-3,6-7H,1,4-5,8-9H2. The smallest absolute Gasteiger partial charge is 0.0325 e. The summed E-state index contributed by atoms with van der Waals surface area (Å²) in [4.78, 5) is 2.46. The van der Waals surface area contributed by atoms with Gasteiger partial charge in [0.2, 0.25) is 0 Å². The lowest BCUT2D eigenvalue weighted by molar-refractivity contribution is 0.439. The molecule has 0 spiro atoms. The van der Waals surface area contributed by atoms with E-state index in [1.165, 1.54) is 31.6 Å². The molecule has 1 aliphatic heterocycles. The number of nitrogens with zero attached hydrogens (tertiary/aromatic N) is 1. The molecule has 1 radical (unpaired) electrons. The Labute approximate surface area is 68.4 Å². The van der Waals surface area contributed by atoms with E-state index in [0.717, 1.165) is 6.42 Å². The predicted octanol–water partition coefficient (Wildman–Crippen LogP) is 2.13. The van der Waals surface area contributed by atoms with E-state index in [-0.39, 0.29) is 0 Å². The van der Waals surface area contributed by atoms with E-state index in [1.807, 2.05) is 0 Å². The van der Waals surface area contributed by atoms with Crippen LogP contribution in [0.15, 0.2) is 23.9 Å². The normalized spacial score (nSPS) is 24.0. The summed E-state index contributed by atoms with van der Waals surface area (Å²) in [5, 5.41) is 0. The van der Waals surface area contributed by atoms with Crippen LogP contribution in [-0.2, 0) is 0 Å². The highest BCUT2D eigenvalue weighted by atomic mass is 15.1. The summed E-state index contributed by atoms with van der Waals surface area (Å²) in [6, 6.07) is 0. The SMILES string of the molecule is [CH]1C=C(N2CCCC2)C=CC1. The van der Waals surface area contributed by atoms with Gasteiger partial charge in [-0.05, 0) is 31.8 Å². The molecule has 59 valence electrons. The van der Waals surface area contributed by atoms with E-state index < -0.39 is 0 Å². The van der Waals surface area contributed by atoms with Crippen molar-refractivity contribution in [2.45, 2.75) is 19.3 Å². The highest BCUT2D eigenvalue weighted by Crippen LogP contribution is 2.18. The van der Waals surface area contributed by atoms with Crippen molar-refractivity contribution in [3.05, 3.63) is 30.3 Å². The third-order valence-electron chi connectivity index (χ3n) is 2.32. The minimum absolute atomic E-state index is 1.11. The van der Waals surface area contributed by atoms with Gasteiger partial charge in [0.05, 0.1) is 0 Å². The topological polar surface area (TPSA) is 3.24 Å². The molecule has 1 heteroatoms. The fourth-order valence-electron chi connectivity index (χ4n) is 1.70. The summed E-state index contributed by atoms with van der Waals surface area (Å²) in [6.07, 6.45) is 12.8.